The first-order chi connectivity index (χ1) is 11.6. The van der Waals surface area contributed by atoms with Crippen LogP contribution >= 0.6 is 0 Å². The number of nitrogens with zero attached hydrogens (tertiary/aromatic N) is 2. The number of carbonyl (C=O) groups excluding carboxylic acids is 1. The van der Waals surface area contributed by atoms with Crippen molar-refractivity contribution in [1.82, 2.24) is 15.5 Å². The Morgan fingerprint density at radius 1 is 1.12 bits per heavy atom. The maximum Gasteiger partial charge on any atom is 0.254 e. The zero-order valence-electron chi connectivity index (χ0n) is 13.1. The van der Waals surface area contributed by atoms with Gasteiger partial charge in [-0.1, -0.05) is 29.8 Å². The highest BCUT2D eigenvalue weighted by molar-refractivity contribution is 5.94. The van der Waals surface area contributed by atoms with Gasteiger partial charge in [0.2, 0.25) is 11.8 Å². The van der Waals surface area contributed by atoms with Crippen molar-refractivity contribution in [3.05, 3.63) is 71.4 Å². The molecule has 1 heterocycles. The van der Waals surface area contributed by atoms with Crippen LogP contribution in [0.5, 0.6) is 0 Å². The molecule has 0 unspecified atom stereocenters. The van der Waals surface area contributed by atoms with E-state index in [4.69, 9.17) is 4.42 Å². The highest BCUT2D eigenvalue weighted by Crippen LogP contribution is 2.18. The summed E-state index contributed by atoms with van der Waals surface area (Å²) < 4.78 is 19.1. The van der Waals surface area contributed by atoms with Gasteiger partial charge in [0.25, 0.3) is 5.91 Å². The molecule has 0 radical (unpaired) electrons. The molecule has 3 rings (SSSR count). The number of halogens is 1. The number of amides is 1. The van der Waals surface area contributed by atoms with Crippen LogP contribution in [0, 0.1) is 12.7 Å². The summed E-state index contributed by atoms with van der Waals surface area (Å²) in [6.07, 6.45) is 0.374. The van der Waals surface area contributed by atoms with Crippen molar-refractivity contribution in [2.24, 2.45) is 0 Å². The van der Waals surface area contributed by atoms with Crippen LogP contribution in [0.1, 0.15) is 21.8 Å². The summed E-state index contributed by atoms with van der Waals surface area (Å²) in [6, 6.07) is 13.6. The molecule has 1 amide bonds. The predicted molar refractivity (Wildman–Crippen MR) is 86.9 cm³/mol. The maximum atomic E-state index is 13.5. The summed E-state index contributed by atoms with van der Waals surface area (Å²) >= 11 is 0. The molecule has 0 saturated heterocycles. The molecule has 0 spiro atoms. The first-order valence-electron chi connectivity index (χ1n) is 7.55. The molecule has 5 nitrogen and oxygen atoms in total. The zero-order valence-corrected chi connectivity index (χ0v) is 13.1. The van der Waals surface area contributed by atoms with Crippen LogP contribution in [0.15, 0.2) is 52.9 Å². The normalized spacial score (nSPS) is 10.6. The summed E-state index contributed by atoms with van der Waals surface area (Å²) in [7, 11) is 0. The van der Waals surface area contributed by atoms with Crippen LogP contribution in [-0.4, -0.2) is 22.6 Å². The van der Waals surface area contributed by atoms with Crippen LogP contribution in [-0.2, 0) is 6.42 Å². The Bertz CT molecular complexity index is 843. The Morgan fingerprint density at radius 3 is 2.62 bits per heavy atom. The Kier molecular flexibility index (Phi) is 4.65. The lowest BCUT2D eigenvalue weighted by molar-refractivity contribution is 0.0949. The van der Waals surface area contributed by atoms with E-state index in [-0.39, 0.29) is 12.1 Å². The van der Waals surface area contributed by atoms with Crippen molar-refractivity contribution in [3.63, 3.8) is 0 Å². The minimum atomic E-state index is -0.547. The van der Waals surface area contributed by atoms with E-state index in [2.05, 4.69) is 15.5 Å². The maximum absolute atomic E-state index is 13.5. The van der Waals surface area contributed by atoms with E-state index in [1.54, 1.807) is 6.07 Å². The second-order valence-corrected chi connectivity index (χ2v) is 5.35. The lowest BCUT2D eigenvalue weighted by Crippen LogP contribution is -2.26. The third-order valence-corrected chi connectivity index (χ3v) is 3.51. The van der Waals surface area contributed by atoms with Crippen LogP contribution in [0.3, 0.4) is 0 Å². The Hall–Kier alpha value is -3.02. The number of benzene rings is 2. The van der Waals surface area contributed by atoms with Crippen molar-refractivity contribution < 1.29 is 13.6 Å². The number of nitrogens with one attached hydrogen (secondary N) is 1. The van der Waals surface area contributed by atoms with Crippen molar-refractivity contribution in [1.29, 1.82) is 0 Å². The quantitative estimate of drug-likeness (QED) is 0.782. The molecule has 0 fully saturated rings. The van der Waals surface area contributed by atoms with E-state index >= 15 is 0 Å². The fourth-order valence-corrected chi connectivity index (χ4v) is 2.19. The van der Waals surface area contributed by atoms with E-state index in [9.17, 15) is 9.18 Å². The summed E-state index contributed by atoms with van der Waals surface area (Å²) in [5.41, 5.74) is 2.01. The van der Waals surface area contributed by atoms with E-state index in [0.29, 0.717) is 18.2 Å². The highest BCUT2D eigenvalue weighted by Gasteiger charge is 2.12. The third kappa shape index (κ3) is 3.65. The van der Waals surface area contributed by atoms with E-state index in [0.717, 1.165) is 11.1 Å². The molecule has 0 bridgehead atoms. The Morgan fingerprint density at radius 2 is 1.88 bits per heavy atom. The fraction of sp³-hybridized carbons (Fsp3) is 0.167. The first kappa shape index (κ1) is 15.9. The second-order valence-electron chi connectivity index (χ2n) is 5.35. The minimum absolute atomic E-state index is 0.0170. The van der Waals surface area contributed by atoms with Gasteiger partial charge in [-0.2, -0.15) is 0 Å². The first-order valence-corrected chi connectivity index (χ1v) is 7.55. The number of carbonyl (C=O) groups is 1. The monoisotopic (exact) mass is 325 g/mol. The smallest absolute Gasteiger partial charge is 0.254 e. The third-order valence-electron chi connectivity index (χ3n) is 3.51. The van der Waals surface area contributed by atoms with Gasteiger partial charge in [-0.05, 0) is 31.2 Å². The molecule has 0 aliphatic heterocycles. The van der Waals surface area contributed by atoms with Gasteiger partial charge in [0.1, 0.15) is 5.82 Å². The minimum Gasteiger partial charge on any atom is -0.421 e. The Labute approximate surface area is 138 Å². The lowest BCUT2D eigenvalue weighted by Gasteiger charge is -2.04. The summed E-state index contributed by atoms with van der Waals surface area (Å²) in [4.78, 5) is 11.9. The molecule has 6 heteroatoms. The predicted octanol–water partition coefficient (Wildman–Crippen LogP) is 3.16. The van der Waals surface area contributed by atoms with Crippen molar-refractivity contribution in [2.75, 3.05) is 6.54 Å². The average molecular weight is 325 g/mol. The largest absolute Gasteiger partial charge is 0.421 e. The number of rotatable bonds is 5. The van der Waals surface area contributed by atoms with E-state index in [1.807, 2.05) is 31.2 Å². The van der Waals surface area contributed by atoms with Crippen LogP contribution in [0.2, 0.25) is 0 Å². The fourth-order valence-electron chi connectivity index (χ4n) is 2.19. The van der Waals surface area contributed by atoms with Gasteiger partial charge in [-0.25, -0.2) is 4.39 Å². The molecular weight excluding hydrogens is 309 g/mol. The van der Waals surface area contributed by atoms with Crippen LogP contribution < -0.4 is 5.32 Å². The van der Waals surface area contributed by atoms with Crippen molar-refractivity contribution in [3.8, 4) is 11.5 Å². The number of hydrogen-bond acceptors (Lipinski definition) is 4. The van der Waals surface area contributed by atoms with E-state index < -0.39 is 11.7 Å². The molecule has 0 aliphatic carbocycles. The molecule has 0 saturated carbocycles. The van der Waals surface area contributed by atoms with Gasteiger partial charge >= 0.3 is 0 Å². The van der Waals surface area contributed by atoms with Gasteiger partial charge < -0.3 is 9.73 Å². The summed E-state index contributed by atoms with van der Waals surface area (Å²) in [5.74, 6) is -0.161. The molecule has 1 N–H and O–H groups in total. The second kappa shape index (κ2) is 7.04. The van der Waals surface area contributed by atoms with Crippen molar-refractivity contribution >= 4 is 5.91 Å². The van der Waals surface area contributed by atoms with Crippen LogP contribution in [0.25, 0.3) is 11.5 Å². The SMILES string of the molecule is Cc1ccc(-c2nnc(CCNC(=O)c3ccccc3F)o2)cc1. The molecule has 1 aromatic heterocycles. The lowest BCUT2D eigenvalue weighted by atomic mass is 10.1. The van der Waals surface area contributed by atoms with Crippen LogP contribution in [0.4, 0.5) is 4.39 Å². The molecule has 0 atom stereocenters. The highest BCUT2D eigenvalue weighted by atomic mass is 19.1. The number of aryl methyl sites for hydroxylation is 1. The molecule has 3 aromatic rings. The molecule has 24 heavy (non-hydrogen) atoms. The van der Waals surface area contributed by atoms with Crippen molar-refractivity contribution in [2.45, 2.75) is 13.3 Å². The average Bonchev–Trinajstić information content (AvgIpc) is 3.04. The number of aromatic nitrogens is 2. The molecule has 0 aliphatic rings. The summed E-state index contributed by atoms with van der Waals surface area (Å²) in [5, 5.41) is 10.6. The summed E-state index contributed by atoms with van der Waals surface area (Å²) in [6.45, 7) is 2.28. The topological polar surface area (TPSA) is 68.0 Å². The van der Waals surface area contributed by atoms with Gasteiger partial charge in [0, 0.05) is 18.5 Å². The van der Waals surface area contributed by atoms with Gasteiger partial charge in [-0.15, -0.1) is 10.2 Å². The van der Waals surface area contributed by atoms with Gasteiger partial charge in [0.05, 0.1) is 5.56 Å². The van der Waals surface area contributed by atoms with Gasteiger partial charge in [0.15, 0.2) is 0 Å². The molecule has 2 aromatic carbocycles. The standard InChI is InChI=1S/C18H16FN3O2/c1-12-6-8-13(9-7-12)18-22-21-16(24-18)10-11-20-17(23)14-4-2-3-5-15(14)19/h2-9H,10-11H2,1H3,(H,20,23). The van der Waals surface area contributed by atoms with E-state index in [1.165, 1.54) is 18.2 Å². The zero-order chi connectivity index (χ0) is 16.9. The molecule has 122 valence electrons. The molecular formula is C18H16FN3O2. The number of hydrogen-bond donors (Lipinski definition) is 1. The van der Waals surface area contributed by atoms with Gasteiger partial charge in [-0.3, -0.25) is 4.79 Å². The Balaban J connectivity index is 1.57.